The number of rotatable bonds is 5. The second-order valence-electron chi connectivity index (χ2n) is 5.63. The van der Waals surface area contributed by atoms with Gasteiger partial charge in [-0.3, -0.25) is 9.59 Å². The number of hydrogen-bond donors (Lipinski definition) is 2. The molecule has 2 N–H and O–H groups in total. The predicted molar refractivity (Wildman–Crippen MR) is 86.8 cm³/mol. The summed E-state index contributed by atoms with van der Waals surface area (Å²) in [5, 5.41) is 4.66. The minimum Gasteiger partial charge on any atom is -0.350 e. The Bertz CT molecular complexity index is 819. The molecule has 0 unspecified atom stereocenters. The number of carbonyl (C=O) groups is 2. The van der Waals surface area contributed by atoms with Gasteiger partial charge in [0.1, 0.15) is 5.82 Å². The zero-order valence-corrected chi connectivity index (χ0v) is 13.8. The summed E-state index contributed by atoms with van der Waals surface area (Å²) in [5.74, 6) is -2.15. The SMILES string of the molecule is Cc1cccc(C(=O)NCC(=O)NCc2ccc(F)cc2C(F)(F)F)c1. The molecule has 0 saturated carbocycles. The molecule has 0 radical (unpaired) electrons. The van der Waals surface area contributed by atoms with Gasteiger partial charge < -0.3 is 10.6 Å². The van der Waals surface area contributed by atoms with E-state index < -0.39 is 42.5 Å². The van der Waals surface area contributed by atoms with E-state index in [1.165, 1.54) is 0 Å². The Labute approximate surface area is 147 Å². The zero-order valence-electron chi connectivity index (χ0n) is 13.8. The molecule has 0 aromatic heterocycles. The number of benzene rings is 2. The highest BCUT2D eigenvalue weighted by Gasteiger charge is 2.33. The molecular formula is C18H16F4N2O2. The lowest BCUT2D eigenvalue weighted by Crippen LogP contribution is -2.36. The lowest BCUT2D eigenvalue weighted by molar-refractivity contribution is -0.138. The smallest absolute Gasteiger partial charge is 0.350 e. The first-order valence-electron chi connectivity index (χ1n) is 7.64. The summed E-state index contributed by atoms with van der Waals surface area (Å²) < 4.78 is 51.7. The summed E-state index contributed by atoms with van der Waals surface area (Å²) in [6, 6.07) is 8.94. The van der Waals surface area contributed by atoms with Gasteiger partial charge in [-0.25, -0.2) is 4.39 Å². The zero-order chi connectivity index (χ0) is 19.3. The number of hydrogen-bond acceptors (Lipinski definition) is 2. The van der Waals surface area contributed by atoms with Crippen LogP contribution in [0.25, 0.3) is 0 Å². The lowest BCUT2D eigenvalue weighted by atomic mass is 10.1. The van der Waals surface area contributed by atoms with Crippen LogP contribution in [-0.2, 0) is 17.5 Å². The number of nitrogens with one attached hydrogen (secondary N) is 2. The Morgan fingerprint density at radius 3 is 2.42 bits per heavy atom. The number of amides is 2. The lowest BCUT2D eigenvalue weighted by Gasteiger charge is -2.14. The Hall–Kier alpha value is -2.90. The van der Waals surface area contributed by atoms with Crippen LogP contribution in [0.2, 0.25) is 0 Å². The molecule has 138 valence electrons. The molecule has 0 aliphatic carbocycles. The molecule has 0 fully saturated rings. The van der Waals surface area contributed by atoms with Gasteiger partial charge in [-0.05, 0) is 36.8 Å². The van der Waals surface area contributed by atoms with Crippen LogP contribution >= 0.6 is 0 Å². The maximum Gasteiger partial charge on any atom is 0.416 e. The van der Waals surface area contributed by atoms with Crippen LogP contribution in [0.5, 0.6) is 0 Å². The first-order chi connectivity index (χ1) is 12.2. The first-order valence-corrected chi connectivity index (χ1v) is 7.64. The van der Waals surface area contributed by atoms with E-state index in [1.54, 1.807) is 18.2 Å². The highest BCUT2D eigenvalue weighted by molar-refractivity contribution is 5.96. The fourth-order valence-corrected chi connectivity index (χ4v) is 2.27. The molecule has 0 spiro atoms. The molecule has 2 aromatic carbocycles. The van der Waals surface area contributed by atoms with Crippen molar-refractivity contribution in [1.29, 1.82) is 0 Å². The van der Waals surface area contributed by atoms with E-state index in [9.17, 15) is 27.2 Å². The van der Waals surface area contributed by atoms with E-state index in [4.69, 9.17) is 0 Å². The number of halogens is 4. The summed E-state index contributed by atoms with van der Waals surface area (Å²) in [6.45, 7) is 0.980. The second-order valence-corrected chi connectivity index (χ2v) is 5.63. The maximum atomic E-state index is 13.0. The van der Waals surface area contributed by atoms with Gasteiger partial charge in [0.25, 0.3) is 5.91 Å². The summed E-state index contributed by atoms with van der Waals surface area (Å²) in [5.41, 5.74) is -0.173. The summed E-state index contributed by atoms with van der Waals surface area (Å²) >= 11 is 0. The van der Waals surface area contributed by atoms with Crippen LogP contribution in [0.1, 0.15) is 27.0 Å². The van der Waals surface area contributed by atoms with E-state index in [2.05, 4.69) is 10.6 Å². The molecule has 0 saturated heterocycles. The van der Waals surface area contributed by atoms with Crippen LogP contribution in [0.15, 0.2) is 42.5 Å². The van der Waals surface area contributed by atoms with Crippen molar-refractivity contribution in [2.24, 2.45) is 0 Å². The Morgan fingerprint density at radius 2 is 1.77 bits per heavy atom. The van der Waals surface area contributed by atoms with E-state index in [0.717, 1.165) is 17.7 Å². The van der Waals surface area contributed by atoms with Crippen molar-refractivity contribution in [2.45, 2.75) is 19.6 Å². The van der Waals surface area contributed by atoms with Crippen molar-refractivity contribution in [1.82, 2.24) is 10.6 Å². The van der Waals surface area contributed by atoms with Crippen LogP contribution < -0.4 is 10.6 Å². The first kappa shape index (κ1) is 19.4. The Balaban J connectivity index is 1.92. The van der Waals surface area contributed by atoms with Crippen LogP contribution in [0.4, 0.5) is 17.6 Å². The fraction of sp³-hybridized carbons (Fsp3) is 0.222. The molecule has 4 nitrogen and oxygen atoms in total. The molecule has 0 bridgehead atoms. The average molecular weight is 368 g/mol. The molecule has 0 aliphatic rings. The van der Waals surface area contributed by atoms with Gasteiger partial charge in [-0.2, -0.15) is 13.2 Å². The van der Waals surface area contributed by atoms with Gasteiger partial charge in [0.15, 0.2) is 0 Å². The standard InChI is InChI=1S/C18H16F4N2O2/c1-11-3-2-4-12(7-11)17(26)24-10-16(25)23-9-13-5-6-14(19)8-15(13)18(20,21)22/h2-8H,9-10H2,1H3,(H,23,25)(H,24,26). The second kappa shape index (κ2) is 7.99. The Kier molecular flexibility index (Phi) is 5.97. The normalized spacial score (nSPS) is 11.1. The van der Waals surface area contributed by atoms with Gasteiger partial charge in [-0.15, -0.1) is 0 Å². The third kappa shape index (κ3) is 5.30. The maximum absolute atomic E-state index is 13.0. The number of carbonyl (C=O) groups excluding carboxylic acids is 2. The largest absolute Gasteiger partial charge is 0.416 e. The van der Waals surface area contributed by atoms with E-state index in [-0.39, 0.29) is 5.56 Å². The van der Waals surface area contributed by atoms with Crippen molar-refractivity contribution in [3.63, 3.8) is 0 Å². The van der Waals surface area contributed by atoms with E-state index >= 15 is 0 Å². The Morgan fingerprint density at radius 1 is 1.04 bits per heavy atom. The van der Waals surface area contributed by atoms with Gasteiger partial charge in [0, 0.05) is 12.1 Å². The number of aryl methyl sites for hydroxylation is 1. The van der Waals surface area contributed by atoms with E-state index in [0.29, 0.717) is 11.6 Å². The van der Waals surface area contributed by atoms with Crippen molar-refractivity contribution >= 4 is 11.8 Å². The van der Waals surface area contributed by atoms with Crippen molar-refractivity contribution in [2.75, 3.05) is 6.54 Å². The van der Waals surface area contributed by atoms with Crippen molar-refractivity contribution in [3.8, 4) is 0 Å². The van der Waals surface area contributed by atoms with Crippen LogP contribution in [0.3, 0.4) is 0 Å². The van der Waals surface area contributed by atoms with Crippen molar-refractivity contribution < 1.29 is 27.2 Å². The fourth-order valence-electron chi connectivity index (χ4n) is 2.27. The third-order valence-corrected chi connectivity index (χ3v) is 3.54. The topological polar surface area (TPSA) is 58.2 Å². The minimum atomic E-state index is -4.73. The van der Waals surface area contributed by atoms with Gasteiger partial charge in [0.2, 0.25) is 5.91 Å². The quantitative estimate of drug-likeness (QED) is 0.797. The van der Waals surface area contributed by atoms with Gasteiger partial charge in [0.05, 0.1) is 12.1 Å². The summed E-state index contributed by atoms with van der Waals surface area (Å²) in [4.78, 5) is 23.7. The molecule has 0 aliphatic heterocycles. The molecular weight excluding hydrogens is 352 g/mol. The molecule has 0 heterocycles. The third-order valence-electron chi connectivity index (χ3n) is 3.54. The van der Waals surface area contributed by atoms with Crippen molar-refractivity contribution in [3.05, 3.63) is 70.5 Å². The van der Waals surface area contributed by atoms with Crippen LogP contribution in [-0.4, -0.2) is 18.4 Å². The average Bonchev–Trinajstić information content (AvgIpc) is 2.57. The predicted octanol–water partition coefficient (Wildman–Crippen LogP) is 3.20. The molecule has 2 aromatic rings. The molecule has 0 atom stereocenters. The van der Waals surface area contributed by atoms with Crippen LogP contribution in [0, 0.1) is 12.7 Å². The summed E-state index contributed by atoms with van der Waals surface area (Å²) in [6.07, 6.45) is -4.73. The monoisotopic (exact) mass is 368 g/mol. The molecule has 2 rings (SSSR count). The molecule has 8 heteroatoms. The van der Waals surface area contributed by atoms with Gasteiger partial charge in [-0.1, -0.05) is 23.8 Å². The summed E-state index contributed by atoms with van der Waals surface area (Å²) in [7, 11) is 0. The molecule has 26 heavy (non-hydrogen) atoms. The van der Waals surface area contributed by atoms with Gasteiger partial charge >= 0.3 is 6.18 Å². The van der Waals surface area contributed by atoms with E-state index in [1.807, 2.05) is 13.0 Å². The highest BCUT2D eigenvalue weighted by Crippen LogP contribution is 2.32. The highest BCUT2D eigenvalue weighted by atomic mass is 19.4. The minimum absolute atomic E-state index is 0.266. The molecule has 2 amide bonds. The number of alkyl halides is 3.